The number of aromatic amines is 1. The van der Waals surface area contributed by atoms with Crippen molar-refractivity contribution in [2.75, 3.05) is 19.5 Å². The number of nitrogens with zero attached hydrogens (tertiary/aromatic N) is 3. The maximum Gasteiger partial charge on any atom is 0.333 e. The monoisotopic (exact) mass is 403 g/mol. The highest BCUT2D eigenvalue weighted by atomic mass is 16.5. The molecule has 1 fully saturated rings. The molecule has 29 heavy (non-hydrogen) atoms. The summed E-state index contributed by atoms with van der Waals surface area (Å²) in [6.45, 7) is -0.235. The van der Waals surface area contributed by atoms with Gasteiger partial charge >= 0.3 is 5.69 Å². The molecule has 11 nitrogen and oxygen atoms in total. The summed E-state index contributed by atoms with van der Waals surface area (Å²) in [5.41, 5.74) is 5.24. The summed E-state index contributed by atoms with van der Waals surface area (Å²) in [6, 6.07) is 7.08. The standard InChI is InChI=1S/C18H21N5O6/c1-28-10-4-2-3-9(5-10)7-22-13-14(20-17(19)21-15(13)26)23(18(22)27)16-12(25)6-11(8-24)29-16/h2-5,11-12,16,24-25H,6-8H2,1H3,(H3,19,20,21,26)/t11-,12+,16+/m0/s1. The molecule has 1 aliphatic rings. The molecule has 1 saturated heterocycles. The number of nitrogens with one attached hydrogen (secondary N) is 1. The van der Waals surface area contributed by atoms with Crippen LogP contribution in [-0.2, 0) is 11.3 Å². The molecular weight excluding hydrogens is 382 g/mol. The first-order chi connectivity index (χ1) is 13.9. The van der Waals surface area contributed by atoms with Crippen LogP contribution in [0.1, 0.15) is 18.2 Å². The van der Waals surface area contributed by atoms with Crippen molar-refractivity contribution in [1.82, 2.24) is 19.1 Å². The molecule has 3 heterocycles. The minimum atomic E-state index is -1.09. The van der Waals surface area contributed by atoms with Crippen LogP contribution in [0.3, 0.4) is 0 Å². The van der Waals surface area contributed by atoms with Gasteiger partial charge in [-0.3, -0.25) is 14.3 Å². The largest absolute Gasteiger partial charge is 0.497 e. The van der Waals surface area contributed by atoms with Crippen LogP contribution in [0.15, 0.2) is 33.9 Å². The van der Waals surface area contributed by atoms with E-state index in [1.165, 1.54) is 11.7 Å². The highest BCUT2D eigenvalue weighted by Crippen LogP contribution is 2.29. The number of aliphatic hydroxyl groups is 2. The van der Waals surface area contributed by atoms with Crippen LogP contribution >= 0.6 is 0 Å². The molecule has 0 saturated carbocycles. The van der Waals surface area contributed by atoms with E-state index in [0.29, 0.717) is 5.75 Å². The smallest absolute Gasteiger partial charge is 0.333 e. The van der Waals surface area contributed by atoms with E-state index in [4.69, 9.17) is 15.2 Å². The highest BCUT2D eigenvalue weighted by molar-refractivity contribution is 5.72. The van der Waals surface area contributed by atoms with Crippen LogP contribution in [0.5, 0.6) is 5.75 Å². The molecule has 1 aromatic carbocycles. The molecule has 154 valence electrons. The fraction of sp³-hybridized carbons (Fsp3) is 0.389. The zero-order valence-electron chi connectivity index (χ0n) is 15.6. The Bertz CT molecular complexity index is 1170. The lowest BCUT2D eigenvalue weighted by Gasteiger charge is -2.15. The van der Waals surface area contributed by atoms with Crippen molar-refractivity contribution in [1.29, 1.82) is 0 Å². The Morgan fingerprint density at radius 3 is 2.90 bits per heavy atom. The van der Waals surface area contributed by atoms with Crippen LogP contribution in [0.2, 0.25) is 0 Å². The Labute approximate surface area is 163 Å². The van der Waals surface area contributed by atoms with Crippen LogP contribution in [0.4, 0.5) is 5.95 Å². The number of aromatic nitrogens is 4. The van der Waals surface area contributed by atoms with E-state index in [9.17, 15) is 19.8 Å². The molecule has 0 spiro atoms. The molecule has 0 bridgehead atoms. The summed E-state index contributed by atoms with van der Waals surface area (Å²) in [4.78, 5) is 32.3. The second-order valence-corrected chi connectivity index (χ2v) is 6.85. The summed E-state index contributed by atoms with van der Waals surface area (Å²) in [5.74, 6) is 0.442. The number of imidazole rings is 1. The van der Waals surface area contributed by atoms with E-state index in [2.05, 4.69) is 9.97 Å². The van der Waals surface area contributed by atoms with Gasteiger partial charge in [-0.2, -0.15) is 4.98 Å². The molecule has 4 rings (SSSR count). The Morgan fingerprint density at radius 1 is 1.41 bits per heavy atom. The molecule has 3 aromatic rings. The van der Waals surface area contributed by atoms with Gasteiger partial charge in [0.15, 0.2) is 17.4 Å². The lowest BCUT2D eigenvalue weighted by molar-refractivity contribution is -0.0505. The number of aliphatic hydroxyl groups excluding tert-OH is 2. The van der Waals surface area contributed by atoms with E-state index < -0.39 is 29.7 Å². The summed E-state index contributed by atoms with van der Waals surface area (Å²) in [6.07, 6.45) is -2.63. The minimum absolute atomic E-state index is 0.00165. The Balaban J connectivity index is 1.90. The van der Waals surface area contributed by atoms with E-state index in [1.54, 1.807) is 24.3 Å². The van der Waals surface area contributed by atoms with Crippen LogP contribution in [0.25, 0.3) is 11.2 Å². The number of nitrogens with two attached hydrogens (primary N) is 1. The predicted molar refractivity (Wildman–Crippen MR) is 103 cm³/mol. The van der Waals surface area contributed by atoms with Gasteiger partial charge in [0, 0.05) is 6.42 Å². The number of hydrogen-bond acceptors (Lipinski definition) is 8. The molecule has 2 aromatic heterocycles. The number of rotatable bonds is 5. The molecule has 5 N–H and O–H groups in total. The predicted octanol–water partition coefficient (Wildman–Crippen LogP) is -0.834. The first-order valence-electron chi connectivity index (χ1n) is 9.00. The summed E-state index contributed by atoms with van der Waals surface area (Å²) >= 11 is 0. The summed E-state index contributed by atoms with van der Waals surface area (Å²) in [5, 5.41) is 19.7. The number of benzene rings is 1. The second-order valence-electron chi connectivity index (χ2n) is 6.85. The van der Waals surface area contributed by atoms with Gasteiger partial charge in [0.2, 0.25) is 5.95 Å². The SMILES string of the molecule is COc1cccc(Cn2c(=O)n([C@@H]3O[C@H](CO)C[C@H]3O)c3nc(N)[nH]c(=O)c32)c1. The Hall–Kier alpha value is -3.15. The Kier molecular flexibility index (Phi) is 4.86. The van der Waals surface area contributed by atoms with E-state index in [-0.39, 0.29) is 36.7 Å². The van der Waals surface area contributed by atoms with Crippen LogP contribution in [0, 0.1) is 0 Å². The third-order valence-corrected chi connectivity index (χ3v) is 4.93. The lowest BCUT2D eigenvalue weighted by Crippen LogP contribution is -2.32. The maximum atomic E-state index is 13.2. The second kappa shape index (κ2) is 7.35. The van der Waals surface area contributed by atoms with Crippen LogP contribution < -0.4 is 21.7 Å². The van der Waals surface area contributed by atoms with Gasteiger partial charge in [0.05, 0.1) is 26.4 Å². The van der Waals surface area contributed by atoms with Gasteiger partial charge in [-0.1, -0.05) is 12.1 Å². The normalized spacial score (nSPS) is 21.7. The van der Waals surface area contributed by atoms with Crippen molar-refractivity contribution in [3.8, 4) is 5.75 Å². The van der Waals surface area contributed by atoms with Gasteiger partial charge < -0.3 is 25.4 Å². The Morgan fingerprint density at radius 2 is 2.21 bits per heavy atom. The van der Waals surface area contributed by atoms with Crippen molar-refractivity contribution in [2.24, 2.45) is 0 Å². The van der Waals surface area contributed by atoms with Gasteiger partial charge in [-0.25, -0.2) is 9.36 Å². The topological polar surface area (TPSA) is 158 Å². The van der Waals surface area contributed by atoms with Gasteiger partial charge in [0.25, 0.3) is 5.56 Å². The molecular formula is C18H21N5O6. The third kappa shape index (κ3) is 3.28. The van der Waals surface area contributed by atoms with E-state index in [0.717, 1.165) is 10.1 Å². The fourth-order valence-electron chi connectivity index (χ4n) is 3.61. The molecule has 0 amide bonds. The number of hydrogen-bond donors (Lipinski definition) is 4. The molecule has 0 aliphatic carbocycles. The zero-order chi connectivity index (χ0) is 20.7. The molecule has 11 heteroatoms. The molecule has 1 aliphatic heterocycles. The van der Waals surface area contributed by atoms with E-state index in [1.807, 2.05) is 0 Å². The number of methoxy groups -OCH3 is 1. The lowest BCUT2D eigenvalue weighted by atomic mass is 10.2. The molecule has 3 atom stereocenters. The number of nitrogen functional groups attached to an aromatic ring is 1. The van der Waals surface area contributed by atoms with Crippen molar-refractivity contribution >= 4 is 17.1 Å². The maximum absolute atomic E-state index is 13.2. The van der Waals surface area contributed by atoms with E-state index >= 15 is 0 Å². The third-order valence-electron chi connectivity index (χ3n) is 4.93. The quantitative estimate of drug-likeness (QED) is 0.430. The first-order valence-corrected chi connectivity index (χ1v) is 9.00. The van der Waals surface area contributed by atoms with Crippen molar-refractivity contribution < 1.29 is 19.7 Å². The summed E-state index contributed by atoms with van der Waals surface area (Å²) < 4.78 is 13.2. The van der Waals surface area contributed by atoms with Gasteiger partial charge in [-0.15, -0.1) is 0 Å². The van der Waals surface area contributed by atoms with Crippen molar-refractivity contribution in [2.45, 2.75) is 31.4 Å². The van der Waals surface area contributed by atoms with Crippen molar-refractivity contribution in [3.63, 3.8) is 0 Å². The fourth-order valence-corrected chi connectivity index (χ4v) is 3.61. The zero-order valence-corrected chi connectivity index (χ0v) is 15.6. The average Bonchev–Trinajstić information content (AvgIpc) is 3.19. The van der Waals surface area contributed by atoms with Crippen molar-refractivity contribution in [3.05, 3.63) is 50.7 Å². The highest BCUT2D eigenvalue weighted by Gasteiger charge is 2.38. The number of fused-ring (bicyclic) bond motifs is 1. The number of anilines is 1. The van der Waals surface area contributed by atoms with Crippen LogP contribution in [-0.4, -0.2) is 55.2 Å². The molecule has 0 radical (unpaired) electrons. The number of H-pyrrole nitrogens is 1. The van der Waals surface area contributed by atoms with Gasteiger partial charge in [-0.05, 0) is 17.7 Å². The number of ether oxygens (including phenoxy) is 2. The molecule has 0 unspecified atom stereocenters. The summed E-state index contributed by atoms with van der Waals surface area (Å²) in [7, 11) is 1.53. The average molecular weight is 403 g/mol. The van der Waals surface area contributed by atoms with Gasteiger partial charge in [0.1, 0.15) is 11.9 Å². The minimum Gasteiger partial charge on any atom is -0.497 e. The first kappa shape index (κ1) is 19.2.